The summed E-state index contributed by atoms with van der Waals surface area (Å²) in [6.07, 6.45) is 0. The van der Waals surface area contributed by atoms with E-state index in [1.54, 1.807) is 0 Å². The fraction of sp³-hybridized carbons (Fsp3) is 0. The number of hydrogen-bond donors (Lipinski definition) is 1. The number of halogens is 2. The van der Waals surface area contributed by atoms with E-state index >= 15 is 0 Å². The Morgan fingerprint density at radius 2 is 1.92 bits per heavy atom. The molecule has 0 aliphatic heterocycles. The standard InChI is InChI=1S/C6H6FNO2S.ClH/c7-5-2-1-3-6(4-5)11(8,9)10;/h1-4H,(H2,8,9,10);1H. The lowest BCUT2D eigenvalue weighted by Crippen LogP contribution is -2.11. The third-order valence-electron chi connectivity index (χ3n) is 1.12. The molecule has 2 N–H and O–H groups in total. The molecule has 0 amide bonds. The highest BCUT2D eigenvalue weighted by Crippen LogP contribution is 2.07. The molecule has 0 spiro atoms. The minimum absolute atomic E-state index is 0. The highest BCUT2D eigenvalue weighted by Gasteiger charge is 2.06. The van der Waals surface area contributed by atoms with Gasteiger partial charge in [-0.1, -0.05) is 6.07 Å². The zero-order chi connectivity index (χ0) is 8.48. The predicted octanol–water partition coefficient (Wildman–Crippen LogP) is 0.895. The minimum Gasteiger partial charge on any atom is -0.225 e. The van der Waals surface area contributed by atoms with E-state index in [0.29, 0.717) is 0 Å². The number of sulfonamides is 1. The van der Waals surface area contributed by atoms with E-state index in [-0.39, 0.29) is 17.3 Å². The Morgan fingerprint density at radius 1 is 1.33 bits per heavy atom. The van der Waals surface area contributed by atoms with Crippen molar-refractivity contribution in [2.45, 2.75) is 4.90 Å². The minimum atomic E-state index is -3.77. The van der Waals surface area contributed by atoms with Gasteiger partial charge in [0.15, 0.2) is 0 Å². The second kappa shape index (κ2) is 3.84. The Kier molecular flexibility index (Phi) is 3.63. The number of rotatable bonds is 1. The highest BCUT2D eigenvalue weighted by atomic mass is 35.5. The van der Waals surface area contributed by atoms with Crippen LogP contribution in [0.1, 0.15) is 0 Å². The van der Waals surface area contributed by atoms with Gasteiger partial charge in [0.2, 0.25) is 10.0 Å². The van der Waals surface area contributed by atoms with Crippen molar-refractivity contribution < 1.29 is 12.8 Å². The van der Waals surface area contributed by atoms with Crippen LogP contribution in [0.4, 0.5) is 4.39 Å². The van der Waals surface area contributed by atoms with E-state index in [1.165, 1.54) is 12.1 Å². The molecule has 68 valence electrons. The third-order valence-corrected chi connectivity index (χ3v) is 2.04. The van der Waals surface area contributed by atoms with E-state index in [4.69, 9.17) is 5.14 Å². The van der Waals surface area contributed by atoms with Crippen molar-refractivity contribution in [3.05, 3.63) is 30.1 Å². The molecule has 0 unspecified atom stereocenters. The van der Waals surface area contributed by atoms with Crippen molar-refractivity contribution in [2.24, 2.45) is 5.14 Å². The van der Waals surface area contributed by atoms with Crippen LogP contribution in [0.15, 0.2) is 29.2 Å². The molecule has 0 aromatic heterocycles. The third kappa shape index (κ3) is 2.77. The van der Waals surface area contributed by atoms with E-state index < -0.39 is 15.8 Å². The van der Waals surface area contributed by atoms with Crippen molar-refractivity contribution in [3.8, 4) is 0 Å². The molecule has 0 aliphatic rings. The highest BCUT2D eigenvalue weighted by molar-refractivity contribution is 7.89. The van der Waals surface area contributed by atoms with E-state index in [1.807, 2.05) is 0 Å². The first kappa shape index (κ1) is 11.4. The van der Waals surface area contributed by atoms with Gasteiger partial charge in [-0.15, -0.1) is 12.4 Å². The Balaban J connectivity index is 0.00000121. The number of benzene rings is 1. The molecule has 3 nitrogen and oxygen atoms in total. The summed E-state index contributed by atoms with van der Waals surface area (Å²) in [5, 5.41) is 4.73. The first-order valence-corrected chi connectivity index (χ1v) is 4.33. The molecule has 0 atom stereocenters. The smallest absolute Gasteiger partial charge is 0.225 e. The van der Waals surface area contributed by atoms with Gasteiger partial charge in [0, 0.05) is 0 Å². The Morgan fingerprint density at radius 3 is 2.25 bits per heavy atom. The first-order valence-electron chi connectivity index (χ1n) is 2.78. The summed E-state index contributed by atoms with van der Waals surface area (Å²) < 4.78 is 33.6. The number of nitrogens with two attached hydrogens (primary N) is 1. The van der Waals surface area contributed by atoms with Gasteiger partial charge < -0.3 is 0 Å². The summed E-state index contributed by atoms with van der Waals surface area (Å²) in [5.74, 6) is -0.614. The summed E-state index contributed by atoms with van der Waals surface area (Å²) in [4.78, 5) is -0.211. The quantitative estimate of drug-likeness (QED) is 0.750. The second-order valence-corrected chi connectivity index (χ2v) is 3.56. The van der Waals surface area contributed by atoms with E-state index in [0.717, 1.165) is 12.1 Å². The van der Waals surface area contributed by atoms with Crippen LogP contribution >= 0.6 is 12.4 Å². The topological polar surface area (TPSA) is 60.2 Å². The van der Waals surface area contributed by atoms with Gasteiger partial charge in [-0.25, -0.2) is 17.9 Å². The SMILES string of the molecule is Cl.NS(=O)(=O)c1cccc(F)c1. The first-order chi connectivity index (χ1) is 5.00. The molecular formula is C6H7ClFNO2S. The summed E-state index contributed by atoms with van der Waals surface area (Å²) in [6, 6.07) is 4.54. The van der Waals surface area contributed by atoms with Crippen LogP contribution in [0, 0.1) is 5.82 Å². The lowest BCUT2D eigenvalue weighted by atomic mass is 10.4. The summed E-state index contributed by atoms with van der Waals surface area (Å²) in [7, 11) is -3.77. The number of hydrogen-bond acceptors (Lipinski definition) is 2. The maximum absolute atomic E-state index is 12.4. The molecule has 12 heavy (non-hydrogen) atoms. The molecule has 0 saturated carbocycles. The van der Waals surface area contributed by atoms with Gasteiger partial charge in [0.25, 0.3) is 0 Å². The van der Waals surface area contributed by atoms with Gasteiger partial charge in [0.05, 0.1) is 4.90 Å². The zero-order valence-electron chi connectivity index (χ0n) is 5.90. The molecule has 0 bridgehead atoms. The van der Waals surface area contributed by atoms with Gasteiger partial charge in [-0.05, 0) is 18.2 Å². The van der Waals surface area contributed by atoms with Crippen LogP contribution in [0.2, 0.25) is 0 Å². The maximum Gasteiger partial charge on any atom is 0.238 e. The molecule has 6 heteroatoms. The average Bonchev–Trinajstić information content (AvgIpc) is 1.86. The van der Waals surface area contributed by atoms with Crippen molar-refractivity contribution in [1.29, 1.82) is 0 Å². The molecule has 0 saturated heterocycles. The second-order valence-electron chi connectivity index (χ2n) is 2.00. The van der Waals surface area contributed by atoms with Crippen LogP contribution in [0.25, 0.3) is 0 Å². The Hall–Kier alpha value is -0.650. The van der Waals surface area contributed by atoms with Gasteiger partial charge in [0.1, 0.15) is 5.82 Å². The molecule has 1 aromatic carbocycles. The fourth-order valence-electron chi connectivity index (χ4n) is 0.644. The predicted molar refractivity (Wildman–Crippen MR) is 45.0 cm³/mol. The van der Waals surface area contributed by atoms with Crippen molar-refractivity contribution in [1.82, 2.24) is 0 Å². The summed E-state index contributed by atoms with van der Waals surface area (Å²) in [6.45, 7) is 0. The Labute approximate surface area is 75.9 Å². The van der Waals surface area contributed by atoms with Gasteiger partial charge in [-0.2, -0.15) is 0 Å². The molecule has 0 radical (unpaired) electrons. The molecule has 0 aliphatic carbocycles. The van der Waals surface area contributed by atoms with E-state index in [2.05, 4.69) is 0 Å². The van der Waals surface area contributed by atoms with Crippen molar-refractivity contribution in [3.63, 3.8) is 0 Å². The van der Waals surface area contributed by atoms with Crippen LogP contribution in [0.3, 0.4) is 0 Å². The average molecular weight is 212 g/mol. The summed E-state index contributed by atoms with van der Waals surface area (Å²) in [5.41, 5.74) is 0. The zero-order valence-corrected chi connectivity index (χ0v) is 7.53. The largest absolute Gasteiger partial charge is 0.238 e. The molecule has 0 fully saturated rings. The summed E-state index contributed by atoms with van der Waals surface area (Å²) >= 11 is 0. The molecular weight excluding hydrogens is 205 g/mol. The van der Waals surface area contributed by atoms with Crippen LogP contribution in [0.5, 0.6) is 0 Å². The normalized spacial score (nSPS) is 10.5. The van der Waals surface area contributed by atoms with Crippen molar-refractivity contribution in [2.75, 3.05) is 0 Å². The molecule has 1 aromatic rings. The van der Waals surface area contributed by atoms with Crippen LogP contribution in [-0.2, 0) is 10.0 Å². The molecule has 1 rings (SSSR count). The van der Waals surface area contributed by atoms with Crippen molar-refractivity contribution >= 4 is 22.4 Å². The fourth-order valence-corrected chi connectivity index (χ4v) is 1.19. The Bertz CT molecular complexity index is 366. The van der Waals surface area contributed by atoms with Crippen LogP contribution in [-0.4, -0.2) is 8.42 Å². The molecule has 0 heterocycles. The van der Waals surface area contributed by atoms with Gasteiger partial charge >= 0.3 is 0 Å². The monoisotopic (exact) mass is 211 g/mol. The maximum atomic E-state index is 12.4. The lowest BCUT2D eigenvalue weighted by molar-refractivity contribution is 0.592. The number of primary sulfonamides is 1. The lowest BCUT2D eigenvalue weighted by Gasteiger charge is -1.95. The van der Waals surface area contributed by atoms with E-state index in [9.17, 15) is 12.8 Å². The van der Waals surface area contributed by atoms with Crippen LogP contribution < -0.4 is 5.14 Å². The van der Waals surface area contributed by atoms with Gasteiger partial charge in [-0.3, -0.25) is 0 Å².